The second-order valence-corrected chi connectivity index (χ2v) is 5.42. The molecule has 2 atom stereocenters. The quantitative estimate of drug-likeness (QED) is 0.867. The van der Waals surface area contributed by atoms with Crippen LogP contribution in [0.2, 0.25) is 0 Å². The molecule has 2 aliphatic heterocycles. The largest absolute Gasteiger partial charge is 0.490 e. The highest BCUT2D eigenvalue weighted by Crippen LogP contribution is 2.33. The normalized spacial score (nSPS) is 26.4. The van der Waals surface area contributed by atoms with Crippen LogP contribution in [0.15, 0.2) is 18.2 Å². The van der Waals surface area contributed by atoms with E-state index in [-0.39, 0.29) is 17.9 Å². The van der Waals surface area contributed by atoms with E-state index in [1.807, 2.05) is 6.07 Å². The van der Waals surface area contributed by atoms with Crippen LogP contribution in [0, 0.1) is 12.8 Å². The number of benzene rings is 1. The topological polar surface area (TPSA) is 38.3 Å². The summed E-state index contributed by atoms with van der Waals surface area (Å²) in [7, 11) is 0. The lowest BCUT2D eigenvalue weighted by molar-refractivity contribution is -0.127. The minimum absolute atomic E-state index is 0.138. The van der Waals surface area contributed by atoms with Gasteiger partial charge in [-0.15, -0.1) is 0 Å². The van der Waals surface area contributed by atoms with Crippen molar-refractivity contribution in [1.29, 1.82) is 0 Å². The second-order valence-electron chi connectivity index (χ2n) is 5.42. The molecular formula is C15H19NO2. The smallest absolute Gasteiger partial charge is 0.223 e. The van der Waals surface area contributed by atoms with E-state index in [1.165, 1.54) is 11.1 Å². The Balaban J connectivity index is 1.65. The Bertz CT molecular complexity index is 470. The van der Waals surface area contributed by atoms with Gasteiger partial charge in [0.05, 0.1) is 0 Å². The Labute approximate surface area is 108 Å². The van der Waals surface area contributed by atoms with Gasteiger partial charge < -0.3 is 10.1 Å². The van der Waals surface area contributed by atoms with Gasteiger partial charge in [-0.3, -0.25) is 4.79 Å². The van der Waals surface area contributed by atoms with Crippen LogP contribution in [0.25, 0.3) is 0 Å². The van der Waals surface area contributed by atoms with Gasteiger partial charge in [0.25, 0.3) is 0 Å². The van der Waals surface area contributed by atoms with Crippen LogP contribution in [0.5, 0.6) is 5.75 Å². The highest BCUT2D eigenvalue weighted by Gasteiger charge is 2.30. The molecule has 1 amide bonds. The van der Waals surface area contributed by atoms with Gasteiger partial charge in [-0.1, -0.05) is 17.7 Å². The van der Waals surface area contributed by atoms with Gasteiger partial charge in [0.15, 0.2) is 0 Å². The fraction of sp³-hybridized carbons (Fsp3) is 0.533. The van der Waals surface area contributed by atoms with Crippen molar-refractivity contribution < 1.29 is 9.53 Å². The second kappa shape index (κ2) is 4.63. The van der Waals surface area contributed by atoms with Crippen molar-refractivity contribution in [3.05, 3.63) is 29.3 Å². The molecule has 96 valence electrons. The Hall–Kier alpha value is -1.51. The lowest BCUT2D eigenvalue weighted by Gasteiger charge is -2.24. The number of amides is 1. The van der Waals surface area contributed by atoms with Gasteiger partial charge in [0.1, 0.15) is 11.9 Å². The van der Waals surface area contributed by atoms with Crippen molar-refractivity contribution in [3.63, 3.8) is 0 Å². The Morgan fingerprint density at radius 3 is 3.17 bits per heavy atom. The number of carbonyl (C=O) groups is 1. The summed E-state index contributed by atoms with van der Waals surface area (Å²) in [5.74, 6) is 1.35. The number of fused-ring (bicyclic) bond motifs is 1. The maximum atomic E-state index is 11.7. The fourth-order valence-corrected chi connectivity index (χ4v) is 2.96. The molecule has 18 heavy (non-hydrogen) atoms. The summed E-state index contributed by atoms with van der Waals surface area (Å²) in [6.07, 6.45) is 4.06. The molecule has 0 aliphatic carbocycles. The van der Waals surface area contributed by atoms with E-state index in [0.717, 1.165) is 38.0 Å². The zero-order chi connectivity index (χ0) is 12.5. The predicted octanol–water partition coefficient (Wildman–Crippen LogP) is 2.21. The number of carbonyl (C=O) groups excluding carboxylic acids is 1. The molecule has 2 unspecified atom stereocenters. The van der Waals surface area contributed by atoms with Gasteiger partial charge in [-0.25, -0.2) is 0 Å². The first kappa shape index (κ1) is 11.6. The molecule has 1 N–H and O–H groups in total. The van der Waals surface area contributed by atoms with E-state index in [0.29, 0.717) is 0 Å². The molecule has 0 aromatic heterocycles. The van der Waals surface area contributed by atoms with Crippen molar-refractivity contribution in [2.24, 2.45) is 5.92 Å². The number of hydrogen-bond acceptors (Lipinski definition) is 2. The molecule has 1 saturated heterocycles. The Kier molecular flexibility index (Phi) is 2.98. The lowest BCUT2D eigenvalue weighted by Crippen LogP contribution is -2.38. The van der Waals surface area contributed by atoms with Crippen LogP contribution in [0.4, 0.5) is 0 Å². The SMILES string of the molecule is Cc1ccc2c(c1)CC(CC1CCCNC1=O)O2. The number of nitrogens with one attached hydrogen (secondary N) is 1. The van der Waals surface area contributed by atoms with Crippen molar-refractivity contribution >= 4 is 5.91 Å². The summed E-state index contributed by atoms with van der Waals surface area (Å²) in [4.78, 5) is 11.7. The van der Waals surface area contributed by atoms with Crippen molar-refractivity contribution in [2.75, 3.05) is 6.54 Å². The van der Waals surface area contributed by atoms with E-state index < -0.39 is 0 Å². The molecule has 1 fully saturated rings. The first-order valence-electron chi connectivity index (χ1n) is 6.76. The summed E-state index contributed by atoms with van der Waals surface area (Å²) in [6.45, 7) is 2.93. The first-order valence-corrected chi connectivity index (χ1v) is 6.76. The summed E-state index contributed by atoms with van der Waals surface area (Å²) in [6, 6.07) is 6.32. The molecule has 2 aliphatic rings. The Morgan fingerprint density at radius 2 is 2.33 bits per heavy atom. The average molecular weight is 245 g/mol. The predicted molar refractivity (Wildman–Crippen MR) is 69.6 cm³/mol. The third kappa shape index (κ3) is 2.22. The number of piperidine rings is 1. The molecule has 0 spiro atoms. The highest BCUT2D eigenvalue weighted by atomic mass is 16.5. The van der Waals surface area contributed by atoms with Gasteiger partial charge in [0.2, 0.25) is 5.91 Å². The van der Waals surface area contributed by atoms with E-state index in [4.69, 9.17) is 4.74 Å². The number of rotatable bonds is 2. The molecule has 0 saturated carbocycles. The average Bonchev–Trinajstić information content (AvgIpc) is 2.73. The van der Waals surface area contributed by atoms with E-state index >= 15 is 0 Å². The zero-order valence-electron chi connectivity index (χ0n) is 10.7. The molecule has 3 heteroatoms. The van der Waals surface area contributed by atoms with Crippen LogP contribution in [-0.4, -0.2) is 18.6 Å². The number of ether oxygens (including phenoxy) is 1. The van der Waals surface area contributed by atoms with Crippen LogP contribution >= 0.6 is 0 Å². The first-order chi connectivity index (χ1) is 8.72. The van der Waals surface area contributed by atoms with Crippen molar-refractivity contribution in [1.82, 2.24) is 5.32 Å². The van der Waals surface area contributed by atoms with Gasteiger partial charge >= 0.3 is 0 Å². The van der Waals surface area contributed by atoms with E-state index in [1.54, 1.807) is 0 Å². The molecule has 1 aromatic carbocycles. The molecular weight excluding hydrogens is 226 g/mol. The van der Waals surface area contributed by atoms with Crippen LogP contribution in [-0.2, 0) is 11.2 Å². The Morgan fingerprint density at radius 1 is 1.44 bits per heavy atom. The van der Waals surface area contributed by atoms with Crippen LogP contribution in [0.1, 0.15) is 30.4 Å². The summed E-state index contributed by atoms with van der Waals surface area (Å²) in [5, 5.41) is 2.94. The number of hydrogen-bond donors (Lipinski definition) is 1. The maximum Gasteiger partial charge on any atom is 0.223 e. The molecule has 3 nitrogen and oxygen atoms in total. The van der Waals surface area contributed by atoms with Crippen LogP contribution in [0.3, 0.4) is 0 Å². The summed E-state index contributed by atoms with van der Waals surface area (Å²) >= 11 is 0. The standard InChI is InChI=1S/C15H19NO2/c1-10-4-5-14-12(7-10)9-13(18-14)8-11-3-2-6-16-15(11)17/h4-5,7,11,13H,2-3,6,8-9H2,1H3,(H,16,17). The lowest BCUT2D eigenvalue weighted by atomic mass is 9.91. The molecule has 1 aromatic rings. The zero-order valence-corrected chi connectivity index (χ0v) is 10.7. The number of aryl methyl sites for hydroxylation is 1. The highest BCUT2D eigenvalue weighted by molar-refractivity contribution is 5.79. The third-order valence-corrected chi connectivity index (χ3v) is 3.90. The molecule has 0 radical (unpaired) electrons. The summed E-state index contributed by atoms with van der Waals surface area (Å²) < 4.78 is 5.93. The van der Waals surface area contributed by atoms with E-state index in [9.17, 15) is 4.79 Å². The van der Waals surface area contributed by atoms with Crippen molar-refractivity contribution in [3.8, 4) is 5.75 Å². The summed E-state index contributed by atoms with van der Waals surface area (Å²) in [5.41, 5.74) is 2.56. The fourth-order valence-electron chi connectivity index (χ4n) is 2.96. The van der Waals surface area contributed by atoms with Gasteiger partial charge in [-0.05, 0) is 37.8 Å². The van der Waals surface area contributed by atoms with E-state index in [2.05, 4.69) is 24.4 Å². The minimum atomic E-state index is 0.138. The molecule has 2 heterocycles. The van der Waals surface area contributed by atoms with Gasteiger partial charge in [-0.2, -0.15) is 0 Å². The van der Waals surface area contributed by atoms with Crippen molar-refractivity contribution in [2.45, 2.75) is 38.7 Å². The van der Waals surface area contributed by atoms with Crippen LogP contribution < -0.4 is 10.1 Å². The molecule has 3 rings (SSSR count). The van der Waals surface area contributed by atoms with Gasteiger partial charge in [0, 0.05) is 18.9 Å². The third-order valence-electron chi connectivity index (χ3n) is 3.90. The monoisotopic (exact) mass is 245 g/mol. The minimum Gasteiger partial charge on any atom is -0.490 e. The molecule has 0 bridgehead atoms. The maximum absolute atomic E-state index is 11.7.